The van der Waals surface area contributed by atoms with Gasteiger partial charge in [-0.25, -0.2) is 0 Å². The Bertz CT molecular complexity index is 40.6. The van der Waals surface area contributed by atoms with Crippen LogP contribution in [0.2, 0.25) is 0 Å². The number of hydrogen-bond acceptors (Lipinski definition) is 3. The van der Waals surface area contributed by atoms with E-state index in [0.29, 0.717) is 0 Å². The largest absolute Gasteiger partial charge is 0.412 e. The van der Waals surface area contributed by atoms with Gasteiger partial charge in [-0.3, -0.25) is 4.70 Å². The molecule has 0 aromatic rings. The fourth-order valence-corrected chi connectivity index (χ4v) is 0. The summed E-state index contributed by atoms with van der Waals surface area (Å²) >= 11 is 0. The summed E-state index contributed by atoms with van der Waals surface area (Å²) < 4.78 is 0. The van der Waals surface area contributed by atoms with Crippen LogP contribution in [0, 0.1) is 45.7 Å². The van der Waals surface area contributed by atoms with Gasteiger partial charge in [0.05, 0.1) is 0 Å². The Kier molecular flexibility index (Phi) is 2490. The first-order valence-electron chi connectivity index (χ1n) is 0.565. The zero-order valence-corrected chi connectivity index (χ0v) is 10.0. The molecule has 0 saturated carbocycles. The van der Waals surface area contributed by atoms with Crippen molar-refractivity contribution in [3.8, 4) is 0 Å². The molecule has 0 aromatic carbocycles. The van der Waals surface area contributed by atoms with Crippen molar-refractivity contribution in [3.63, 3.8) is 0 Å². The van der Waals surface area contributed by atoms with E-state index >= 15 is 0 Å². The van der Waals surface area contributed by atoms with E-state index in [-0.39, 0.29) is 79.3 Å². The third-order valence-corrected chi connectivity index (χ3v) is 0. The van der Waals surface area contributed by atoms with Crippen LogP contribution in [-0.4, -0.2) is 43.2 Å². The van der Waals surface area contributed by atoms with Gasteiger partial charge in [-0.15, -0.1) is 10.1 Å². The van der Waals surface area contributed by atoms with Crippen LogP contribution in [0.3, 0.4) is 0 Å². The van der Waals surface area contributed by atoms with Crippen LogP contribution in [0.25, 0.3) is 0 Å². The topological polar surface area (TPSA) is 287 Å². The van der Waals surface area contributed by atoms with Crippen LogP contribution in [0.1, 0.15) is 0 Å². The summed E-state index contributed by atoms with van der Waals surface area (Å²) in [5.41, 5.74) is 0. The molecule has 11 nitrogen and oxygen atoms in total. The molecule has 0 amide bonds. The third kappa shape index (κ3) is 605000. The van der Waals surface area contributed by atoms with Gasteiger partial charge in [0.2, 0.25) is 0 Å². The maximum Gasteiger partial charge on any atom is 0.291 e. The van der Waals surface area contributed by atoms with Crippen LogP contribution in [-0.2, 0) is 0 Å². The Labute approximate surface area is 99.6 Å². The van der Waals surface area contributed by atoms with Gasteiger partial charge in [0.1, 0.15) is 0 Å². The van der Waals surface area contributed by atoms with Crippen molar-refractivity contribution in [3.05, 3.63) is 10.1 Å². The van der Waals surface area contributed by atoms with Crippen LogP contribution >= 0.6 is 0 Å². The smallest absolute Gasteiger partial charge is 0.291 e. The van der Waals surface area contributed by atoms with E-state index in [1.165, 1.54) is 0 Å². The molecule has 91 valence electrons. The zero-order chi connectivity index (χ0) is 3.58. The Morgan fingerprint density at radius 2 is 0.923 bits per heavy atom. The van der Waals surface area contributed by atoms with Crippen molar-refractivity contribution in [2.24, 2.45) is 0 Å². The second kappa shape index (κ2) is 158. The van der Waals surface area contributed by atoms with Gasteiger partial charge in [0.25, 0.3) is 5.09 Å². The molecule has 0 unspecified atom stereocenters. The van der Waals surface area contributed by atoms with Gasteiger partial charge < -0.3 is 44.2 Å². The molecule has 0 aromatic heterocycles. The van der Waals surface area contributed by atoms with Crippen molar-refractivity contribution < 1.29 is 83.5 Å². The van der Waals surface area contributed by atoms with Crippen molar-refractivity contribution in [2.75, 3.05) is 0 Å². The first kappa shape index (κ1) is 204. The van der Waals surface area contributed by atoms with E-state index in [1.54, 1.807) is 0 Å². The maximum absolute atomic E-state index is 8.36. The number of nitrogens with zero attached hydrogens (tertiary/aromatic N) is 1. The van der Waals surface area contributed by atoms with Crippen molar-refractivity contribution in [1.82, 2.24) is 6.15 Å². The summed E-state index contributed by atoms with van der Waals surface area (Å²) in [6, 6.07) is 0. The predicted octanol–water partition coefficient (Wildman–Crippen LogP) is -4.98. The second-order valence-electron chi connectivity index (χ2n) is 0.238. The summed E-state index contributed by atoms with van der Waals surface area (Å²) in [6.45, 7) is 0. The summed E-state index contributed by atoms with van der Waals surface area (Å²) in [6.07, 6.45) is 0. The predicted molar refractivity (Wildman–Crippen MR) is 38.0 cm³/mol. The molecule has 13 heteroatoms. The molecular weight excluding hydrogens is 330 g/mol. The standard InChI is InChI=1S/FH.La.HNO3.H3N.6H2O/c;;2-1(3)4;;;;;;;/h1H;;(H,2,3,4);1H3;6*1H2. The molecule has 0 heterocycles. The quantitative estimate of drug-likeness (QED) is 0.321. The van der Waals surface area contributed by atoms with Gasteiger partial charge in [-0.1, -0.05) is 0 Å². The minimum absolute atomic E-state index is 0. The van der Waals surface area contributed by atoms with E-state index in [9.17, 15) is 0 Å². The van der Waals surface area contributed by atoms with Crippen LogP contribution in [0.15, 0.2) is 0 Å². The summed E-state index contributed by atoms with van der Waals surface area (Å²) in [5.74, 6) is 0. The number of halogens is 1. The van der Waals surface area contributed by atoms with Gasteiger partial charge >= 0.3 is 0 Å². The minimum Gasteiger partial charge on any atom is -0.412 e. The molecule has 0 rings (SSSR count). The maximum atomic E-state index is 8.36. The fourth-order valence-electron chi connectivity index (χ4n) is 0. The second-order valence-corrected chi connectivity index (χ2v) is 0.238. The average Bonchev–Trinajstić information content (AvgIpc) is 0.811. The normalized spacial score (nSPS) is 1.85. The third-order valence-electron chi connectivity index (χ3n) is 0. The fraction of sp³-hybridized carbons (Fsp3) is 0. The van der Waals surface area contributed by atoms with Crippen molar-refractivity contribution in [2.45, 2.75) is 0 Å². The monoisotopic (exact) mass is 347 g/mol. The van der Waals surface area contributed by atoms with E-state index in [4.69, 9.17) is 15.3 Å². The molecule has 1 radical (unpaired) electrons. The summed E-state index contributed by atoms with van der Waals surface area (Å²) in [7, 11) is 0. The van der Waals surface area contributed by atoms with E-state index in [2.05, 4.69) is 0 Å². The van der Waals surface area contributed by atoms with E-state index < -0.39 is 5.09 Å². The molecule has 0 bridgehead atoms. The summed E-state index contributed by atoms with van der Waals surface area (Å²) in [4.78, 5) is 8.36. The molecule has 0 saturated heterocycles. The first-order chi connectivity index (χ1) is 1.73. The van der Waals surface area contributed by atoms with Gasteiger partial charge in [0, 0.05) is 35.6 Å². The van der Waals surface area contributed by atoms with Gasteiger partial charge in [-0.2, -0.15) is 0 Å². The molecule has 13 heavy (non-hydrogen) atoms. The van der Waals surface area contributed by atoms with Crippen LogP contribution in [0.5, 0.6) is 0 Å². The molecule has 16 N–H and O–H groups in total. The molecular formula is H17FLaN2O9. The first-order valence-corrected chi connectivity index (χ1v) is 0.565. The molecule has 0 aliphatic carbocycles. The Balaban J connectivity index is -0.00000000125. The Morgan fingerprint density at radius 3 is 0.923 bits per heavy atom. The van der Waals surface area contributed by atoms with E-state index in [1.807, 2.05) is 0 Å². The average molecular weight is 347 g/mol. The van der Waals surface area contributed by atoms with Crippen LogP contribution < -0.4 is 6.15 Å². The minimum atomic E-state index is -1.50. The number of rotatable bonds is 0. The van der Waals surface area contributed by atoms with Crippen molar-refractivity contribution >= 4 is 0 Å². The van der Waals surface area contributed by atoms with Gasteiger partial charge in [0.15, 0.2) is 0 Å². The molecule has 0 fully saturated rings. The Hall–Kier alpha value is 0.0448. The zero-order valence-electron chi connectivity index (χ0n) is 6.40. The molecule has 0 aliphatic heterocycles. The van der Waals surface area contributed by atoms with E-state index in [0.717, 1.165) is 0 Å². The molecule has 0 spiro atoms. The van der Waals surface area contributed by atoms with Gasteiger partial charge in [-0.05, 0) is 0 Å². The summed E-state index contributed by atoms with van der Waals surface area (Å²) in [5, 5.41) is 13.6. The van der Waals surface area contributed by atoms with Crippen molar-refractivity contribution in [1.29, 1.82) is 0 Å². The molecule has 0 aliphatic rings. The Morgan fingerprint density at radius 1 is 0.923 bits per heavy atom. The molecule has 0 atom stereocenters. The SMILES string of the molecule is F.N.O.O.O.O.O.O.O=[N+]([O-])O.[La]. The number of hydrogen-bond donors (Lipinski definition) is 2. The van der Waals surface area contributed by atoms with Crippen LogP contribution in [0.4, 0.5) is 4.70 Å².